The van der Waals surface area contributed by atoms with Crippen molar-refractivity contribution in [3.63, 3.8) is 0 Å². The summed E-state index contributed by atoms with van der Waals surface area (Å²) in [5, 5.41) is 8.08. The molecule has 0 unspecified atom stereocenters. The van der Waals surface area contributed by atoms with E-state index in [0.29, 0.717) is 17.9 Å². The second kappa shape index (κ2) is 12.1. The van der Waals surface area contributed by atoms with Gasteiger partial charge in [-0.05, 0) is 50.6 Å². The highest BCUT2D eigenvalue weighted by Gasteiger charge is 2.58. The average molecular weight is 637 g/mol. The van der Waals surface area contributed by atoms with Gasteiger partial charge in [-0.15, -0.1) is 0 Å². The Balaban J connectivity index is 1.14. The van der Waals surface area contributed by atoms with E-state index in [9.17, 15) is 18.0 Å². The van der Waals surface area contributed by atoms with Gasteiger partial charge in [-0.1, -0.05) is 30.3 Å². The van der Waals surface area contributed by atoms with Crippen molar-refractivity contribution < 1.29 is 32.2 Å². The molecule has 6 rings (SSSR count). The smallest absolute Gasteiger partial charge is 0.324 e. The van der Waals surface area contributed by atoms with Gasteiger partial charge in [0, 0.05) is 18.8 Å². The molecule has 4 heterocycles. The first-order valence-corrected chi connectivity index (χ1v) is 15.7. The highest BCUT2D eigenvalue weighted by Crippen LogP contribution is 2.44. The number of carbonyl (C=O) groups excluding carboxylic acids is 2. The Morgan fingerprint density at radius 1 is 0.956 bits per heavy atom. The van der Waals surface area contributed by atoms with E-state index in [2.05, 4.69) is 35.6 Å². The number of ether oxygens (including phenoxy) is 3. The number of likely N-dealkylation sites (N-methyl/N-ethyl adjacent to an activating group) is 1. The number of hydrogen-bond acceptors (Lipinski definition) is 10. The predicted octanol–water partition coefficient (Wildman–Crippen LogP) is 2.50. The molecular formula is C29H32N8O7S. The first-order valence-electron chi connectivity index (χ1n) is 14.2. The minimum absolute atomic E-state index is 0.0539. The van der Waals surface area contributed by atoms with Crippen LogP contribution < -0.4 is 20.7 Å². The zero-order chi connectivity index (χ0) is 31.8. The third kappa shape index (κ3) is 6.36. The molecule has 0 aliphatic carbocycles. The fourth-order valence-electron chi connectivity index (χ4n) is 5.26. The minimum atomic E-state index is -3.76. The van der Waals surface area contributed by atoms with E-state index in [-0.39, 0.29) is 28.7 Å². The zero-order valence-corrected chi connectivity index (χ0v) is 25.4. The summed E-state index contributed by atoms with van der Waals surface area (Å²) in [6, 6.07) is 14.3. The largest absolute Gasteiger partial charge is 0.354 e. The number of benzene rings is 2. The van der Waals surface area contributed by atoms with Crippen LogP contribution >= 0.6 is 0 Å². The molecule has 236 valence electrons. The maximum atomic E-state index is 12.9. The SMILES string of the molecule is CCNC(=O)[C@H]1O[C@@H](n2cnc3c(NC(=O)Nc4ccc(S(=O)(=O)NCc5ccccc5)cc4)ncnc32)[C@@H]2OC(C)(C)O[C@@H]21. The summed E-state index contributed by atoms with van der Waals surface area (Å²) in [7, 11) is -3.76. The molecule has 2 saturated heterocycles. The number of imidazole rings is 1. The summed E-state index contributed by atoms with van der Waals surface area (Å²) in [5.41, 5.74) is 1.80. The van der Waals surface area contributed by atoms with Crippen LogP contribution in [-0.4, -0.2) is 70.5 Å². The maximum Gasteiger partial charge on any atom is 0.324 e. The van der Waals surface area contributed by atoms with Crippen LogP contribution in [-0.2, 0) is 35.6 Å². The number of rotatable bonds is 9. The summed E-state index contributed by atoms with van der Waals surface area (Å²) < 4.78 is 47.8. The highest BCUT2D eigenvalue weighted by atomic mass is 32.2. The molecule has 0 radical (unpaired) electrons. The lowest BCUT2D eigenvalue weighted by Crippen LogP contribution is -2.42. The zero-order valence-electron chi connectivity index (χ0n) is 24.6. The predicted molar refractivity (Wildman–Crippen MR) is 161 cm³/mol. The molecule has 4 aromatic rings. The Labute approximate surface area is 258 Å². The molecule has 45 heavy (non-hydrogen) atoms. The Hall–Kier alpha value is -4.48. The first kappa shape index (κ1) is 30.5. The third-order valence-corrected chi connectivity index (χ3v) is 8.65. The second-order valence-electron chi connectivity index (χ2n) is 10.9. The number of amides is 3. The Morgan fingerprint density at radius 3 is 2.42 bits per heavy atom. The standard InChI is InChI=1S/C29H32N8O7S/c1-4-30-26(38)22-21-23(44-29(2,3)43-21)27(42-22)37-16-33-20-24(31-15-32-25(20)37)36-28(39)35-18-10-12-19(13-11-18)45(40,41)34-14-17-8-6-5-7-9-17/h5-13,15-16,21-23,27,34H,4,14H2,1-3H3,(H,30,38)(H2,31,32,35,36,39)/t21-,22+,23-,27-/m1/s1. The van der Waals surface area contributed by atoms with Gasteiger partial charge in [0.2, 0.25) is 10.0 Å². The molecule has 16 heteroatoms. The van der Waals surface area contributed by atoms with Crippen LogP contribution in [0.1, 0.15) is 32.6 Å². The van der Waals surface area contributed by atoms with E-state index in [0.717, 1.165) is 5.56 Å². The normalized spacial score (nSPS) is 22.2. The van der Waals surface area contributed by atoms with Crippen molar-refractivity contribution in [1.29, 1.82) is 0 Å². The van der Waals surface area contributed by atoms with Crippen LogP contribution in [0.2, 0.25) is 0 Å². The van der Waals surface area contributed by atoms with E-state index in [1.807, 2.05) is 37.3 Å². The number of nitrogens with zero attached hydrogens (tertiary/aromatic N) is 4. The number of hydrogen-bond donors (Lipinski definition) is 4. The van der Waals surface area contributed by atoms with E-state index >= 15 is 0 Å². The first-order chi connectivity index (χ1) is 21.5. The summed E-state index contributed by atoms with van der Waals surface area (Å²) in [4.78, 5) is 38.6. The van der Waals surface area contributed by atoms with Crippen LogP contribution in [0, 0.1) is 0 Å². The number of carbonyl (C=O) groups is 2. The van der Waals surface area contributed by atoms with Crippen LogP contribution in [0.5, 0.6) is 0 Å². The summed E-state index contributed by atoms with van der Waals surface area (Å²) >= 11 is 0. The van der Waals surface area contributed by atoms with E-state index < -0.39 is 46.4 Å². The van der Waals surface area contributed by atoms with E-state index in [4.69, 9.17) is 14.2 Å². The Bertz CT molecular complexity index is 1820. The van der Waals surface area contributed by atoms with Crippen molar-refractivity contribution in [2.45, 2.75) is 62.5 Å². The lowest BCUT2D eigenvalue weighted by atomic mass is 10.1. The highest BCUT2D eigenvalue weighted by molar-refractivity contribution is 7.89. The Morgan fingerprint density at radius 2 is 1.69 bits per heavy atom. The van der Waals surface area contributed by atoms with Crippen LogP contribution in [0.15, 0.2) is 72.1 Å². The number of sulfonamides is 1. The third-order valence-electron chi connectivity index (χ3n) is 7.23. The number of urea groups is 1. The molecular weight excluding hydrogens is 604 g/mol. The maximum absolute atomic E-state index is 12.9. The van der Waals surface area contributed by atoms with Gasteiger partial charge in [-0.25, -0.2) is 32.9 Å². The van der Waals surface area contributed by atoms with Gasteiger partial charge in [-0.2, -0.15) is 0 Å². The summed E-state index contributed by atoms with van der Waals surface area (Å²) in [6.07, 6.45) is -0.236. The molecule has 2 aliphatic rings. The van der Waals surface area contributed by atoms with Crippen LogP contribution in [0.4, 0.5) is 16.3 Å². The van der Waals surface area contributed by atoms with Crippen LogP contribution in [0.25, 0.3) is 11.2 Å². The van der Waals surface area contributed by atoms with Crippen molar-refractivity contribution in [3.05, 3.63) is 72.8 Å². The number of anilines is 2. The number of fused-ring (bicyclic) bond motifs is 2. The molecule has 4 N–H and O–H groups in total. The minimum Gasteiger partial charge on any atom is -0.354 e. The van der Waals surface area contributed by atoms with Crippen molar-refractivity contribution in [1.82, 2.24) is 29.6 Å². The van der Waals surface area contributed by atoms with Crippen molar-refractivity contribution in [2.24, 2.45) is 0 Å². The molecule has 3 amide bonds. The number of nitrogens with one attached hydrogen (secondary N) is 4. The van der Waals surface area contributed by atoms with Crippen LogP contribution in [0.3, 0.4) is 0 Å². The average Bonchev–Trinajstić information content (AvgIpc) is 3.68. The van der Waals surface area contributed by atoms with Crippen molar-refractivity contribution in [3.8, 4) is 0 Å². The fourth-order valence-corrected chi connectivity index (χ4v) is 6.28. The monoisotopic (exact) mass is 636 g/mol. The molecule has 0 saturated carbocycles. The van der Waals surface area contributed by atoms with Gasteiger partial charge < -0.3 is 24.8 Å². The summed E-state index contributed by atoms with van der Waals surface area (Å²) in [5.74, 6) is -1.12. The second-order valence-corrected chi connectivity index (χ2v) is 12.6. The van der Waals surface area contributed by atoms with Gasteiger partial charge in [0.1, 0.15) is 18.5 Å². The van der Waals surface area contributed by atoms with E-state index in [1.165, 1.54) is 36.9 Å². The molecule has 0 bridgehead atoms. The summed E-state index contributed by atoms with van der Waals surface area (Å²) in [6.45, 7) is 5.92. The lowest BCUT2D eigenvalue weighted by Gasteiger charge is -2.24. The molecule has 2 fully saturated rings. The number of aromatic nitrogens is 4. The van der Waals surface area contributed by atoms with Crippen molar-refractivity contribution in [2.75, 3.05) is 17.2 Å². The van der Waals surface area contributed by atoms with Crippen molar-refractivity contribution >= 4 is 44.6 Å². The van der Waals surface area contributed by atoms with E-state index in [1.54, 1.807) is 18.4 Å². The topological polar surface area (TPSA) is 188 Å². The van der Waals surface area contributed by atoms with Gasteiger partial charge in [0.05, 0.1) is 11.2 Å². The fraction of sp³-hybridized carbons (Fsp3) is 0.345. The van der Waals surface area contributed by atoms with Gasteiger partial charge in [0.25, 0.3) is 5.91 Å². The quantitative estimate of drug-likeness (QED) is 0.213. The Kier molecular flexibility index (Phi) is 8.23. The lowest BCUT2D eigenvalue weighted by molar-refractivity contribution is -0.197. The van der Waals surface area contributed by atoms with Gasteiger partial charge in [0.15, 0.2) is 35.1 Å². The molecule has 2 aromatic heterocycles. The molecule has 2 aromatic carbocycles. The van der Waals surface area contributed by atoms with Gasteiger partial charge >= 0.3 is 6.03 Å². The van der Waals surface area contributed by atoms with Gasteiger partial charge in [-0.3, -0.25) is 14.7 Å². The molecule has 2 aliphatic heterocycles. The molecule has 4 atom stereocenters. The molecule has 15 nitrogen and oxygen atoms in total. The molecule has 0 spiro atoms.